The number of rotatable bonds is 5. The molecular formula is C16H17ClN2O. The number of benzene rings is 2. The molecule has 20 heavy (non-hydrogen) atoms. The number of anilines is 1. The predicted octanol–water partition coefficient (Wildman–Crippen LogP) is 3.38. The number of carbonyl (C=O) groups is 1. The van der Waals surface area contributed by atoms with E-state index in [1.807, 2.05) is 49.4 Å². The first-order chi connectivity index (χ1) is 9.65. The summed E-state index contributed by atoms with van der Waals surface area (Å²) >= 11 is 6.01. The van der Waals surface area contributed by atoms with Gasteiger partial charge in [-0.05, 0) is 30.2 Å². The Morgan fingerprint density at radius 2 is 1.90 bits per heavy atom. The molecule has 0 atom stereocenters. The van der Waals surface area contributed by atoms with Crippen molar-refractivity contribution >= 4 is 23.2 Å². The van der Waals surface area contributed by atoms with Gasteiger partial charge in [0.1, 0.15) is 0 Å². The summed E-state index contributed by atoms with van der Waals surface area (Å²) in [6, 6.07) is 15.4. The molecule has 2 N–H and O–H groups in total. The van der Waals surface area contributed by atoms with Crippen LogP contribution >= 0.6 is 11.6 Å². The standard InChI is InChI=1S/C16H17ClN2O/c1-12-7-8-14(9-15(12)17)19-16(20)11-18-10-13-5-3-2-4-6-13/h2-9,18H,10-11H2,1H3,(H,19,20). The average molecular weight is 289 g/mol. The first-order valence-corrected chi connectivity index (χ1v) is 6.83. The molecule has 3 nitrogen and oxygen atoms in total. The summed E-state index contributed by atoms with van der Waals surface area (Å²) in [5.74, 6) is -0.0825. The Kier molecular flexibility index (Phi) is 5.16. The van der Waals surface area contributed by atoms with Gasteiger partial charge in [0.05, 0.1) is 6.54 Å². The highest BCUT2D eigenvalue weighted by Gasteiger charge is 2.03. The summed E-state index contributed by atoms with van der Waals surface area (Å²) in [5.41, 5.74) is 2.86. The molecule has 4 heteroatoms. The van der Waals surface area contributed by atoms with Gasteiger partial charge in [-0.25, -0.2) is 0 Å². The molecule has 0 bridgehead atoms. The van der Waals surface area contributed by atoms with E-state index in [0.717, 1.165) is 11.1 Å². The van der Waals surface area contributed by atoms with Gasteiger partial charge in [-0.3, -0.25) is 4.79 Å². The second kappa shape index (κ2) is 7.08. The maximum atomic E-state index is 11.8. The van der Waals surface area contributed by atoms with E-state index in [9.17, 15) is 4.79 Å². The van der Waals surface area contributed by atoms with Crippen LogP contribution in [0.3, 0.4) is 0 Å². The fourth-order valence-electron chi connectivity index (χ4n) is 1.79. The number of hydrogen-bond acceptors (Lipinski definition) is 2. The largest absolute Gasteiger partial charge is 0.325 e. The Labute approximate surface area is 124 Å². The third kappa shape index (κ3) is 4.37. The Morgan fingerprint density at radius 3 is 2.60 bits per heavy atom. The van der Waals surface area contributed by atoms with E-state index >= 15 is 0 Å². The highest BCUT2D eigenvalue weighted by Crippen LogP contribution is 2.19. The molecule has 2 aromatic carbocycles. The maximum absolute atomic E-state index is 11.8. The van der Waals surface area contributed by atoms with Crippen LogP contribution in [0.2, 0.25) is 5.02 Å². The van der Waals surface area contributed by atoms with Crippen LogP contribution in [-0.2, 0) is 11.3 Å². The molecular weight excluding hydrogens is 272 g/mol. The van der Waals surface area contributed by atoms with Gasteiger partial charge in [-0.2, -0.15) is 0 Å². The van der Waals surface area contributed by atoms with Crippen molar-refractivity contribution < 1.29 is 4.79 Å². The van der Waals surface area contributed by atoms with E-state index < -0.39 is 0 Å². The van der Waals surface area contributed by atoms with E-state index in [1.165, 1.54) is 0 Å². The summed E-state index contributed by atoms with van der Waals surface area (Å²) in [7, 11) is 0. The van der Waals surface area contributed by atoms with Crippen molar-refractivity contribution in [2.75, 3.05) is 11.9 Å². The minimum atomic E-state index is -0.0825. The van der Waals surface area contributed by atoms with Crippen LogP contribution in [0.15, 0.2) is 48.5 Å². The van der Waals surface area contributed by atoms with Crippen molar-refractivity contribution in [3.8, 4) is 0 Å². The van der Waals surface area contributed by atoms with Crippen LogP contribution in [0.25, 0.3) is 0 Å². The molecule has 0 spiro atoms. The molecule has 104 valence electrons. The minimum Gasteiger partial charge on any atom is -0.325 e. The van der Waals surface area contributed by atoms with Crippen molar-refractivity contribution in [1.29, 1.82) is 0 Å². The van der Waals surface area contributed by atoms with Gasteiger partial charge in [0.2, 0.25) is 5.91 Å². The molecule has 0 radical (unpaired) electrons. The van der Waals surface area contributed by atoms with Crippen molar-refractivity contribution in [3.63, 3.8) is 0 Å². The lowest BCUT2D eigenvalue weighted by molar-refractivity contribution is -0.115. The SMILES string of the molecule is Cc1ccc(NC(=O)CNCc2ccccc2)cc1Cl. The summed E-state index contributed by atoms with van der Waals surface area (Å²) in [6.45, 7) is 2.86. The van der Waals surface area contributed by atoms with Gasteiger partial charge in [0.25, 0.3) is 0 Å². The summed E-state index contributed by atoms with van der Waals surface area (Å²) in [6.07, 6.45) is 0. The molecule has 2 rings (SSSR count). The Morgan fingerprint density at radius 1 is 1.15 bits per heavy atom. The zero-order valence-electron chi connectivity index (χ0n) is 11.3. The van der Waals surface area contributed by atoms with Crippen LogP contribution in [0.5, 0.6) is 0 Å². The molecule has 0 aromatic heterocycles. The third-order valence-electron chi connectivity index (χ3n) is 2.91. The smallest absolute Gasteiger partial charge is 0.238 e. The number of nitrogens with one attached hydrogen (secondary N) is 2. The van der Waals surface area contributed by atoms with Crippen molar-refractivity contribution in [1.82, 2.24) is 5.32 Å². The predicted molar refractivity (Wildman–Crippen MR) is 83.0 cm³/mol. The highest BCUT2D eigenvalue weighted by atomic mass is 35.5. The lowest BCUT2D eigenvalue weighted by atomic mass is 10.2. The fourth-order valence-corrected chi connectivity index (χ4v) is 1.97. The van der Waals surface area contributed by atoms with Gasteiger partial charge >= 0.3 is 0 Å². The van der Waals surface area contributed by atoms with Crippen LogP contribution in [0.1, 0.15) is 11.1 Å². The van der Waals surface area contributed by atoms with Crippen LogP contribution < -0.4 is 10.6 Å². The van der Waals surface area contributed by atoms with Gasteiger partial charge in [-0.1, -0.05) is 48.0 Å². The molecule has 0 heterocycles. The lowest BCUT2D eigenvalue weighted by Gasteiger charge is -2.08. The minimum absolute atomic E-state index is 0.0825. The molecule has 2 aromatic rings. The molecule has 0 aliphatic heterocycles. The molecule has 0 aliphatic rings. The van der Waals surface area contributed by atoms with Gasteiger partial charge in [-0.15, -0.1) is 0 Å². The second-order valence-corrected chi connectivity index (χ2v) is 5.01. The lowest BCUT2D eigenvalue weighted by Crippen LogP contribution is -2.27. The Bertz CT molecular complexity index is 584. The van der Waals surface area contributed by atoms with Gasteiger partial charge in [0.15, 0.2) is 0 Å². The fraction of sp³-hybridized carbons (Fsp3) is 0.188. The summed E-state index contributed by atoms with van der Waals surface area (Å²) in [4.78, 5) is 11.8. The quantitative estimate of drug-likeness (QED) is 0.885. The maximum Gasteiger partial charge on any atom is 0.238 e. The molecule has 0 aliphatic carbocycles. The Hall–Kier alpha value is -1.84. The molecule has 0 unspecified atom stereocenters. The topological polar surface area (TPSA) is 41.1 Å². The summed E-state index contributed by atoms with van der Waals surface area (Å²) in [5, 5.41) is 6.57. The number of amides is 1. The molecule has 0 fully saturated rings. The van der Waals surface area contributed by atoms with Gasteiger partial charge in [0, 0.05) is 17.3 Å². The van der Waals surface area contributed by atoms with E-state index in [1.54, 1.807) is 6.07 Å². The van der Waals surface area contributed by atoms with Crippen LogP contribution in [0.4, 0.5) is 5.69 Å². The van der Waals surface area contributed by atoms with Crippen molar-refractivity contribution in [3.05, 3.63) is 64.7 Å². The van der Waals surface area contributed by atoms with Crippen LogP contribution in [-0.4, -0.2) is 12.5 Å². The first kappa shape index (κ1) is 14.6. The monoisotopic (exact) mass is 288 g/mol. The normalized spacial score (nSPS) is 10.3. The molecule has 1 amide bonds. The zero-order chi connectivity index (χ0) is 14.4. The highest BCUT2D eigenvalue weighted by molar-refractivity contribution is 6.31. The molecule has 0 saturated heterocycles. The Balaban J connectivity index is 1.79. The van der Waals surface area contributed by atoms with E-state index in [4.69, 9.17) is 11.6 Å². The van der Waals surface area contributed by atoms with E-state index in [-0.39, 0.29) is 12.5 Å². The number of hydrogen-bond donors (Lipinski definition) is 2. The number of halogens is 1. The van der Waals surface area contributed by atoms with E-state index in [2.05, 4.69) is 10.6 Å². The molecule has 0 saturated carbocycles. The van der Waals surface area contributed by atoms with Crippen LogP contribution in [0, 0.1) is 6.92 Å². The van der Waals surface area contributed by atoms with E-state index in [0.29, 0.717) is 17.3 Å². The number of aryl methyl sites for hydroxylation is 1. The van der Waals surface area contributed by atoms with Gasteiger partial charge < -0.3 is 10.6 Å². The average Bonchev–Trinajstić information content (AvgIpc) is 2.44. The zero-order valence-corrected chi connectivity index (χ0v) is 12.1. The van der Waals surface area contributed by atoms with Crippen molar-refractivity contribution in [2.45, 2.75) is 13.5 Å². The first-order valence-electron chi connectivity index (χ1n) is 6.46. The van der Waals surface area contributed by atoms with Crippen molar-refractivity contribution in [2.24, 2.45) is 0 Å². The summed E-state index contributed by atoms with van der Waals surface area (Å²) < 4.78 is 0. The third-order valence-corrected chi connectivity index (χ3v) is 3.32. The number of carbonyl (C=O) groups excluding carboxylic acids is 1. The second-order valence-electron chi connectivity index (χ2n) is 4.60.